The Kier molecular flexibility index (Phi) is 5.99. The van der Waals surface area contributed by atoms with Crippen molar-refractivity contribution in [3.8, 4) is 0 Å². The van der Waals surface area contributed by atoms with Gasteiger partial charge in [-0.15, -0.1) is 0 Å². The Morgan fingerprint density at radius 2 is 2.11 bits per heavy atom. The summed E-state index contributed by atoms with van der Waals surface area (Å²) in [5, 5.41) is 2.72. The van der Waals surface area contributed by atoms with Crippen LogP contribution in [0.1, 0.15) is 46.0 Å². The SMILES string of the molecule is COC(=O)[C@@H](NC(=O)CC(C)C)[C@H]1CCCC(=O)C1. The second-order valence-corrected chi connectivity index (χ2v) is 5.56. The van der Waals surface area contributed by atoms with Crippen LogP contribution in [0.2, 0.25) is 0 Å². The van der Waals surface area contributed by atoms with E-state index < -0.39 is 12.0 Å². The summed E-state index contributed by atoms with van der Waals surface area (Å²) in [6.45, 7) is 3.88. The summed E-state index contributed by atoms with van der Waals surface area (Å²) in [4.78, 5) is 35.1. The molecule has 1 aliphatic carbocycles. The number of Topliss-reactive ketones (excluding diaryl/α,β-unsaturated/α-hetero) is 1. The molecule has 0 heterocycles. The van der Waals surface area contributed by atoms with Crippen LogP contribution in [0.4, 0.5) is 0 Å². The molecular formula is C14H23NO4. The van der Waals surface area contributed by atoms with Crippen molar-refractivity contribution in [3.63, 3.8) is 0 Å². The van der Waals surface area contributed by atoms with Crippen LogP contribution >= 0.6 is 0 Å². The number of amides is 1. The largest absolute Gasteiger partial charge is 0.467 e. The van der Waals surface area contributed by atoms with Gasteiger partial charge in [0.1, 0.15) is 11.8 Å². The summed E-state index contributed by atoms with van der Waals surface area (Å²) in [5.74, 6) is -0.375. The van der Waals surface area contributed by atoms with Gasteiger partial charge >= 0.3 is 5.97 Å². The van der Waals surface area contributed by atoms with Crippen molar-refractivity contribution in [2.24, 2.45) is 11.8 Å². The van der Waals surface area contributed by atoms with Gasteiger partial charge in [0, 0.05) is 19.3 Å². The molecule has 0 radical (unpaired) electrons. The highest BCUT2D eigenvalue weighted by atomic mass is 16.5. The molecule has 0 aromatic carbocycles. The second kappa shape index (κ2) is 7.26. The van der Waals surface area contributed by atoms with Crippen molar-refractivity contribution in [2.75, 3.05) is 7.11 Å². The van der Waals surface area contributed by atoms with Crippen molar-refractivity contribution in [3.05, 3.63) is 0 Å². The molecule has 0 spiro atoms. The number of hydrogen-bond donors (Lipinski definition) is 1. The maximum atomic E-state index is 11.8. The molecule has 0 unspecified atom stereocenters. The van der Waals surface area contributed by atoms with Gasteiger partial charge in [0.25, 0.3) is 0 Å². The molecule has 1 rings (SSSR count). The zero-order valence-corrected chi connectivity index (χ0v) is 11.9. The molecule has 0 bridgehead atoms. The number of hydrogen-bond acceptors (Lipinski definition) is 4. The Bertz CT molecular complexity index is 351. The molecule has 1 N–H and O–H groups in total. The lowest BCUT2D eigenvalue weighted by molar-refractivity contribution is -0.147. The lowest BCUT2D eigenvalue weighted by atomic mass is 9.83. The van der Waals surface area contributed by atoms with Gasteiger partial charge in [-0.1, -0.05) is 13.8 Å². The van der Waals surface area contributed by atoms with Gasteiger partial charge in [0.05, 0.1) is 7.11 Å². The Hall–Kier alpha value is -1.39. The van der Waals surface area contributed by atoms with Crippen LogP contribution in [-0.2, 0) is 19.1 Å². The first kappa shape index (κ1) is 15.7. The Morgan fingerprint density at radius 1 is 1.42 bits per heavy atom. The Labute approximate surface area is 114 Å². The number of esters is 1. The first-order valence-electron chi connectivity index (χ1n) is 6.83. The van der Waals surface area contributed by atoms with Crippen molar-refractivity contribution < 1.29 is 19.1 Å². The molecule has 1 aliphatic rings. The van der Waals surface area contributed by atoms with Crippen molar-refractivity contribution in [1.29, 1.82) is 0 Å². The predicted molar refractivity (Wildman–Crippen MR) is 70.4 cm³/mol. The topological polar surface area (TPSA) is 72.5 Å². The first-order valence-corrected chi connectivity index (χ1v) is 6.83. The highest BCUT2D eigenvalue weighted by Crippen LogP contribution is 2.25. The number of methoxy groups -OCH3 is 1. The van der Waals surface area contributed by atoms with Gasteiger partial charge < -0.3 is 10.1 Å². The molecule has 1 fully saturated rings. The molecule has 108 valence electrons. The van der Waals surface area contributed by atoms with Gasteiger partial charge in [-0.25, -0.2) is 4.79 Å². The fourth-order valence-electron chi connectivity index (χ4n) is 2.44. The molecular weight excluding hydrogens is 246 g/mol. The summed E-state index contributed by atoms with van der Waals surface area (Å²) in [5.41, 5.74) is 0. The van der Waals surface area contributed by atoms with Crippen molar-refractivity contribution in [2.45, 2.75) is 52.0 Å². The van der Waals surface area contributed by atoms with Crippen molar-refractivity contribution >= 4 is 17.7 Å². The van der Waals surface area contributed by atoms with Crippen LogP contribution in [0.3, 0.4) is 0 Å². The zero-order chi connectivity index (χ0) is 14.4. The van der Waals surface area contributed by atoms with Crippen LogP contribution in [-0.4, -0.2) is 30.8 Å². The zero-order valence-electron chi connectivity index (χ0n) is 11.9. The van der Waals surface area contributed by atoms with Gasteiger partial charge in [-0.05, 0) is 24.7 Å². The quantitative estimate of drug-likeness (QED) is 0.767. The third-order valence-corrected chi connectivity index (χ3v) is 3.36. The van der Waals surface area contributed by atoms with Gasteiger partial charge in [0.2, 0.25) is 5.91 Å². The van der Waals surface area contributed by atoms with Crippen LogP contribution < -0.4 is 5.32 Å². The van der Waals surface area contributed by atoms with E-state index >= 15 is 0 Å². The van der Waals surface area contributed by atoms with Gasteiger partial charge in [-0.3, -0.25) is 9.59 Å². The minimum atomic E-state index is -0.694. The molecule has 2 atom stereocenters. The summed E-state index contributed by atoms with van der Waals surface area (Å²) in [6, 6.07) is -0.694. The average Bonchev–Trinajstić information content (AvgIpc) is 2.34. The number of carbonyl (C=O) groups is 3. The number of ether oxygens (including phenoxy) is 1. The molecule has 1 saturated carbocycles. The maximum Gasteiger partial charge on any atom is 0.328 e. The lowest BCUT2D eigenvalue weighted by Gasteiger charge is -2.28. The minimum absolute atomic E-state index is 0.134. The summed E-state index contributed by atoms with van der Waals surface area (Å²) < 4.78 is 4.74. The van der Waals surface area contributed by atoms with Crippen LogP contribution in [0.15, 0.2) is 0 Å². The molecule has 1 amide bonds. The van der Waals surface area contributed by atoms with E-state index in [4.69, 9.17) is 4.74 Å². The Morgan fingerprint density at radius 3 is 2.63 bits per heavy atom. The monoisotopic (exact) mass is 269 g/mol. The van der Waals surface area contributed by atoms with Crippen LogP contribution in [0, 0.1) is 11.8 Å². The fraction of sp³-hybridized carbons (Fsp3) is 0.786. The first-order chi connectivity index (χ1) is 8.93. The molecule has 0 aromatic heterocycles. The van der Waals surface area contributed by atoms with E-state index in [1.165, 1.54) is 7.11 Å². The highest BCUT2D eigenvalue weighted by molar-refractivity contribution is 5.86. The fourth-order valence-corrected chi connectivity index (χ4v) is 2.44. The minimum Gasteiger partial charge on any atom is -0.467 e. The normalized spacial score (nSPS) is 21.1. The predicted octanol–water partition coefficient (Wildman–Crippen LogP) is 1.45. The second-order valence-electron chi connectivity index (χ2n) is 5.56. The highest BCUT2D eigenvalue weighted by Gasteiger charge is 2.34. The molecule has 19 heavy (non-hydrogen) atoms. The molecule has 5 nitrogen and oxygen atoms in total. The maximum absolute atomic E-state index is 11.8. The van der Waals surface area contributed by atoms with E-state index in [9.17, 15) is 14.4 Å². The number of ketones is 1. The van der Waals surface area contributed by atoms with Crippen LogP contribution in [0.5, 0.6) is 0 Å². The van der Waals surface area contributed by atoms with Gasteiger partial charge in [-0.2, -0.15) is 0 Å². The van der Waals surface area contributed by atoms with Gasteiger partial charge in [0.15, 0.2) is 0 Å². The van der Waals surface area contributed by atoms with E-state index in [-0.39, 0.29) is 23.5 Å². The standard InChI is InChI=1S/C14H23NO4/c1-9(2)7-12(17)15-13(14(18)19-3)10-5-4-6-11(16)8-10/h9-10,13H,4-8H2,1-3H3,(H,15,17)/t10-,13-/m0/s1. The third-order valence-electron chi connectivity index (χ3n) is 3.36. The summed E-state index contributed by atoms with van der Waals surface area (Å²) in [7, 11) is 1.30. The molecule has 0 aromatic rings. The molecule has 0 saturated heterocycles. The lowest BCUT2D eigenvalue weighted by Crippen LogP contribution is -2.48. The van der Waals surface area contributed by atoms with E-state index in [2.05, 4.69) is 5.32 Å². The smallest absolute Gasteiger partial charge is 0.328 e. The number of nitrogens with one attached hydrogen (secondary N) is 1. The molecule has 0 aliphatic heterocycles. The number of rotatable bonds is 5. The summed E-state index contributed by atoms with van der Waals surface area (Å²) in [6.07, 6.45) is 2.84. The number of carbonyl (C=O) groups excluding carboxylic acids is 3. The molecule has 5 heteroatoms. The third kappa shape index (κ3) is 5.01. The van der Waals surface area contributed by atoms with Crippen LogP contribution in [0.25, 0.3) is 0 Å². The Balaban J connectivity index is 2.68. The van der Waals surface area contributed by atoms with E-state index in [1.54, 1.807) is 0 Å². The van der Waals surface area contributed by atoms with E-state index in [0.717, 1.165) is 12.8 Å². The van der Waals surface area contributed by atoms with E-state index in [0.29, 0.717) is 19.3 Å². The van der Waals surface area contributed by atoms with E-state index in [1.807, 2.05) is 13.8 Å². The average molecular weight is 269 g/mol. The van der Waals surface area contributed by atoms with Crippen molar-refractivity contribution in [1.82, 2.24) is 5.32 Å². The summed E-state index contributed by atoms with van der Waals surface area (Å²) >= 11 is 0.